The molecule has 0 aromatic heterocycles. The number of hydrogen-bond donors (Lipinski definition) is 5. The number of carbonyl (C=O) groups excluding carboxylic acids is 5. The van der Waals surface area contributed by atoms with Crippen molar-refractivity contribution in [1.82, 2.24) is 21.3 Å². The Labute approximate surface area is 388 Å². The second kappa shape index (κ2) is 23.8. The van der Waals surface area contributed by atoms with Crippen molar-refractivity contribution in [3.05, 3.63) is 197 Å². The summed E-state index contributed by atoms with van der Waals surface area (Å²) < 4.78 is 22.9. The van der Waals surface area contributed by atoms with Crippen molar-refractivity contribution in [3.63, 3.8) is 0 Å². The Morgan fingerprint density at radius 3 is 1.75 bits per heavy atom. The van der Waals surface area contributed by atoms with E-state index in [1.807, 2.05) is 109 Å². The third-order valence-electron chi connectivity index (χ3n) is 10.9. The fourth-order valence-electron chi connectivity index (χ4n) is 7.37. The van der Waals surface area contributed by atoms with Crippen molar-refractivity contribution in [2.75, 3.05) is 6.54 Å². The topological polar surface area (TPSA) is 191 Å². The van der Waals surface area contributed by atoms with Crippen LogP contribution in [0.15, 0.2) is 164 Å². The molecule has 0 aliphatic carbocycles. The molecule has 0 radical (unpaired) electrons. The molecule has 344 valence electrons. The highest BCUT2D eigenvalue weighted by molar-refractivity contribution is 5.93. The number of aliphatic hydroxyl groups is 1. The molecule has 0 spiro atoms. The van der Waals surface area contributed by atoms with Crippen LogP contribution in [0.2, 0.25) is 0 Å². The first-order valence-electron chi connectivity index (χ1n) is 22.0. The van der Waals surface area contributed by atoms with E-state index in [-0.39, 0.29) is 45.8 Å². The summed E-state index contributed by atoms with van der Waals surface area (Å²) in [5, 5.41) is 22.0. The molecule has 0 saturated heterocycles. The maximum absolute atomic E-state index is 14.6. The zero-order chi connectivity index (χ0) is 46.8. The molecule has 4 atom stereocenters. The van der Waals surface area contributed by atoms with Gasteiger partial charge in [0.15, 0.2) is 0 Å². The Kier molecular flexibility index (Phi) is 16.7. The SMILES string of the molecule is O=C(NC[C@H](O)C[C@@H]1NC(=O)[C@@H](NC(=O)OCc2ccccc2)Cc2cc(ccc2OCc2ccccc2)-c2cccc(c2)C[C@@H](C(=O)OCc2ccccc2)NC1=O)OCc1ccccc1. The van der Waals surface area contributed by atoms with Crippen molar-refractivity contribution in [2.45, 2.75) is 69.9 Å². The number of amides is 4. The van der Waals surface area contributed by atoms with Gasteiger partial charge in [-0.15, -0.1) is 0 Å². The number of fused-ring (bicyclic) bond motifs is 5. The average Bonchev–Trinajstić information content (AvgIpc) is 3.36. The third-order valence-corrected chi connectivity index (χ3v) is 10.9. The molecule has 6 aromatic carbocycles. The van der Waals surface area contributed by atoms with E-state index in [0.29, 0.717) is 16.9 Å². The Morgan fingerprint density at radius 2 is 1.13 bits per heavy atom. The summed E-state index contributed by atoms with van der Waals surface area (Å²) in [5.41, 5.74) is 5.89. The van der Waals surface area contributed by atoms with E-state index in [0.717, 1.165) is 33.4 Å². The second-order valence-corrected chi connectivity index (χ2v) is 16.0. The molecule has 0 saturated carbocycles. The maximum Gasteiger partial charge on any atom is 0.408 e. The molecule has 14 nitrogen and oxygen atoms in total. The highest BCUT2D eigenvalue weighted by Crippen LogP contribution is 2.30. The predicted molar refractivity (Wildman–Crippen MR) is 249 cm³/mol. The van der Waals surface area contributed by atoms with Gasteiger partial charge in [-0.1, -0.05) is 152 Å². The number of benzene rings is 6. The summed E-state index contributed by atoms with van der Waals surface area (Å²) in [7, 11) is 0. The number of rotatable bonds is 15. The Balaban J connectivity index is 1.20. The van der Waals surface area contributed by atoms with Gasteiger partial charge in [0.05, 0.1) is 6.10 Å². The minimum Gasteiger partial charge on any atom is -0.489 e. The Bertz CT molecular complexity index is 2580. The zero-order valence-electron chi connectivity index (χ0n) is 36.7. The van der Waals surface area contributed by atoms with Gasteiger partial charge in [-0.2, -0.15) is 0 Å². The molecule has 67 heavy (non-hydrogen) atoms. The zero-order valence-corrected chi connectivity index (χ0v) is 36.7. The van der Waals surface area contributed by atoms with Crippen LogP contribution in [-0.4, -0.2) is 65.9 Å². The molecule has 4 bridgehead atoms. The van der Waals surface area contributed by atoms with Crippen LogP contribution in [-0.2, 0) is 67.9 Å². The maximum atomic E-state index is 14.6. The number of aliphatic hydroxyl groups excluding tert-OH is 1. The molecule has 14 heteroatoms. The largest absolute Gasteiger partial charge is 0.489 e. The van der Waals surface area contributed by atoms with E-state index in [1.165, 1.54) is 0 Å². The number of alkyl carbamates (subject to hydrolysis) is 2. The van der Waals surface area contributed by atoms with Crippen LogP contribution in [0.25, 0.3) is 11.1 Å². The van der Waals surface area contributed by atoms with Gasteiger partial charge in [0.25, 0.3) is 0 Å². The minimum atomic E-state index is -1.50. The average molecular weight is 905 g/mol. The first-order chi connectivity index (χ1) is 32.6. The van der Waals surface area contributed by atoms with Crippen molar-refractivity contribution >= 4 is 30.0 Å². The van der Waals surface area contributed by atoms with Gasteiger partial charge in [-0.3, -0.25) is 9.59 Å². The second-order valence-electron chi connectivity index (χ2n) is 16.0. The van der Waals surface area contributed by atoms with Crippen molar-refractivity contribution < 1.29 is 48.0 Å². The van der Waals surface area contributed by atoms with Crippen molar-refractivity contribution in [1.29, 1.82) is 0 Å². The van der Waals surface area contributed by atoms with E-state index >= 15 is 0 Å². The van der Waals surface area contributed by atoms with Crippen LogP contribution in [0.5, 0.6) is 5.75 Å². The highest BCUT2D eigenvalue weighted by Gasteiger charge is 2.33. The molecule has 0 unspecified atom stereocenters. The van der Waals surface area contributed by atoms with Crippen LogP contribution < -0.4 is 26.0 Å². The molecule has 1 heterocycles. The van der Waals surface area contributed by atoms with E-state index in [1.54, 1.807) is 54.6 Å². The highest BCUT2D eigenvalue weighted by atomic mass is 16.6. The van der Waals surface area contributed by atoms with Crippen molar-refractivity contribution in [2.24, 2.45) is 0 Å². The number of ether oxygens (including phenoxy) is 4. The van der Waals surface area contributed by atoms with Gasteiger partial charge >= 0.3 is 18.2 Å². The number of carbonyl (C=O) groups is 5. The summed E-state index contributed by atoms with van der Waals surface area (Å²) in [6, 6.07) is 45.6. The molecule has 0 fully saturated rings. The van der Waals surface area contributed by atoms with Crippen LogP contribution in [0.1, 0.15) is 39.8 Å². The van der Waals surface area contributed by atoms with Gasteiger partial charge in [0, 0.05) is 25.8 Å². The molecular formula is C53H52N4O10. The van der Waals surface area contributed by atoms with Gasteiger partial charge in [0.1, 0.15) is 50.3 Å². The first-order valence-corrected chi connectivity index (χ1v) is 22.0. The molecule has 5 N–H and O–H groups in total. The lowest BCUT2D eigenvalue weighted by Crippen LogP contribution is -2.57. The van der Waals surface area contributed by atoms with Gasteiger partial charge in [-0.05, 0) is 56.6 Å². The minimum absolute atomic E-state index is 0.00773. The Hall–Kier alpha value is -7.97. The molecule has 1 aliphatic rings. The summed E-state index contributed by atoms with van der Waals surface area (Å²) >= 11 is 0. The van der Waals surface area contributed by atoms with Crippen LogP contribution >= 0.6 is 0 Å². The molecule has 6 aromatic rings. The summed E-state index contributed by atoms with van der Waals surface area (Å²) in [5.74, 6) is -1.92. The lowest BCUT2D eigenvalue weighted by Gasteiger charge is -2.26. The molecular weight excluding hydrogens is 853 g/mol. The van der Waals surface area contributed by atoms with Gasteiger partial charge in [0.2, 0.25) is 11.8 Å². The van der Waals surface area contributed by atoms with E-state index in [9.17, 15) is 29.1 Å². The molecule has 4 amide bonds. The Morgan fingerprint density at radius 1 is 0.582 bits per heavy atom. The summed E-state index contributed by atoms with van der Waals surface area (Å²) in [6.07, 6.45) is -3.66. The fourth-order valence-corrected chi connectivity index (χ4v) is 7.37. The first kappa shape index (κ1) is 47.0. The third kappa shape index (κ3) is 14.5. The van der Waals surface area contributed by atoms with Crippen molar-refractivity contribution in [3.8, 4) is 16.9 Å². The summed E-state index contributed by atoms with van der Waals surface area (Å²) in [4.78, 5) is 69.2. The van der Waals surface area contributed by atoms with Crippen LogP contribution in [0.3, 0.4) is 0 Å². The van der Waals surface area contributed by atoms with E-state index in [4.69, 9.17) is 18.9 Å². The van der Waals surface area contributed by atoms with E-state index in [2.05, 4.69) is 21.3 Å². The molecule has 1 aliphatic heterocycles. The van der Waals surface area contributed by atoms with Crippen LogP contribution in [0, 0.1) is 0 Å². The monoisotopic (exact) mass is 904 g/mol. The number of nitrogens with one attached hydrogen (secondary N) is 4. The van der Waals surface area contributed by atoms with Gasteiger partial charge in [-0.25, -0.2) is 14.4 Å². The molecule has 7 rings (SSSR count). The smallest absolute Gasteiger partial charge is 0.408 e. The van der Waals surface area contributed by atoms with Gasteiger partial charge < -0.3 is 45.3 Å². The quantitative estimate of drug-likeness (QED) is 0.0547. The standard InChI is InChI=1S/C53H52N4O10/c58-44(31-54-52(62)66-34-38-18-9-3-10-19-38)30-46-50(60)56-47(51(61)65-33-37-16-7-2-8-17-37)27-40-22-13-23-41(26-40)42-24-25-48(64-32-36-14-5-1-6-15-36)43(28-42)29-45(49(59)55-46)57-53(63)67-35-39-20-11-4-12-21-39/h1-26,28,44-47,58H,27,29-35H2,(H,54,62)(H,55,59)(H,56,60)(H,57,63)/t44-,45+,46+,47+/m1/s1. The normalized spacial score (nSPS) is 16.3. The van der Waals surface area contributed by atoms with E-state index < -0.39 is 60.6 Å². The summed E-state index contributed by atoms with van der Waals surface area (Å²) in [6.45, 7) is -0.310. The van der Waals surface area contributed by atoms with Crippen LogP contribution in [0.4, 0.5) is 9.59 Å². The predicted octanol–water partition coefficient (Wildman–Crippen LogP) is 6.72. The number of esters is 1. The fraction of sp³-hybridized carbons (Fsp3) is 0.226. The lowest BCUT2D eigenvalue weighted by atomic mass is 9.96. The lowest BCUT2D eigenvalue weighted by molar-refractivity contribution is -0.149. The number of hydrogen-bond acceptors (Lipinski definition) is 10.